The molecule has 0 unspecified atom stereocenters. The molecule has 0 N–H and O–H groups in total. The molecule has 0 spiro atoms. The quantitative estimate of drug-likeness (QED) is 0.748. The van der Waals surface area contributed by atoms with Gasteiger partial charge in [0.05, 0.1) is 11.4 Å². The molecule has 0 aliphatic carbocycles. The van der Waals surface area contributed by atoms with Crippen molar-refractivity contribution in [3.63, 3.8) is 0 Å². The Labute approximate surface area is 93.0 Å². The first-order valence-electron chi connectivity index (χ1n) is 4.27. The van der Waals surface area contributed by atoms with Gasteiger partial charge in [-0.1, -0.05) is 6.92 Å². The molecule has 0 atom stereocenters. The lowest BCUT2D eigenvalue weighted by atomic mass is 10.4. The zero-order chi connectivity index (χ0) is 11.8. The molecule has 0 saturated carbocycles. The number of hydrogen-bond acceptors (Lipinski definition) is 4. The molecule has 0 aromatic carbocycles. The summed E-state index contributed by atoms with van der Waals surface area (Å²) in [5.41, 5.74) is 0.438. The average Bonchev–Trinajstić information content (AvgIpc) is 2.42. The van der Waals surface area contributed by atoms with Gasteiger partial charge >= 0.3 is 0 Å². The summed E-state index contributed by atoms with van der Waals surface area (Å²) in [7, 11) is -1.97. The Morgan fingerprint density at radius 3 is 2.40 bits per heavy atom. The molecular weight excluding hydrogens is 240 g/mol. The van der Waals surface area contributed by atoms with Crippen molar-refractivity contribution in [3.05, 3.63) is 11.4 Å². The summed E-state index contributed by atoms with van der Waals surface area (Å²) in [5.74, 6) is -0.0623. The lowest BCUT2D eigenvalue weighted by molar-refractivity contribution is 0.107. The fourth-order valence-electron chi connectivity index (χ4n) is 1.29. The van der Waals surface area contributed by atoms with Gasteiger partial charge < -0.3 is 4.57 Å². The number of aryl methyl sites for hydroxylation is 1. The van der Waals surface area contributed by atoms with E-state index in [0.717, 1.165) is 0 Å². The van der Waals surface area contributed by atoms with Crippen molar-refractivity contribution in [2.75, 3.05) is 5.75 Å². The first kappa shape index (κ1) is 12.2. The molecule has 0 bridgehead atoms. The van der Waals surface area contributed by atoms with Crippen LogP contribution in [0.3, 0.4) is 0 Å². The van der Waals surface area contributed by atoms with Crippen LogP contribution in [0.15, 0.2) is 5.16 Å². The van der Waals surface area contributed by atoms with Crippen LogP contribution in [-0.2, 0) is 16.9 Å². The predicted octanol–water partition coefficient (Wildman–Crippen LogP) is 0.901. The van der Waals surface area contributed by atoms with Crippen LogP contribution in [0, 0.1) is 6.92 Å². The Bertz CT molecular complexity index is 504. The molecule has 0 amide bonds. The van der Waals surface area contributed by atoms with E-state index in [-0.39, 0.29) is 16.6 Å². The van der Waals surface area contributed by atoms with Gasteiger partial charge in [0, 0.05) is 7.05 Å². The number of aromatic nitrogens is 2. The van der Waals surface area contributed by atoms with E-state index in [4.69, 9.17) is 11.6 Å². The standard InChI is InChI=1S/C8H11ClN2O3S/c1-4-15(13,14)8-10-5(2)6(7(9)12)11(8)3/h4H2,1-3H3. The van der Waals surface area contributed by atoms with Gasteiger partial charge in [-0.15, -0.1) is 0 Å². The number of carbonyl (C=O) groups is 1. The van der Waals surface area contributed by atoms with Gasteiger partial charge in [0.25, 0.3) is 5.24 Å². The van der Waals surface area contributed by atoms with E-state index in [0.29, 0.717) is 5.69 Å². The van der Waals surface area contributed by atoms with Crippen molar-refractivity contribution in [3.8, 4) is 0 Å². The number of nitrogens with zero attached hydrogens (tertiary/aromatic N) is 2. The highest BCUT2D eigenvalue weighted by molar-refractivity contribution is 7.91. The van der Waals surface area contributed by atoms with E-state index in [1.165, 1.54) is 18.5 Å². The molecule has 84 valence electrons. The molecular formula is C8H11ClN2O3S. The Kier molecular flexibility index (Phi) is 3.20. The van der Waals surface area contributed by atoms with Crippen LogP contribution < -0.4 is 0 Å². The maximum Gasteiger partial charge on any atom is 0.270 e. The van der Waals surface area contributed by atoms with E-state index in [9.17, 15) is 13.2 Å². The molecule has 0 radical (unpaired) electrons. The Hall–Kier alpha value is -0.880. The molecule has 5 nitrogen and oxygen atoms in total. The molecule has 1 rings (SSSR count). The van der Waals surface area contributed by atoms with Gasteiger partial charge in [0.1, 0.15) is 5.69 Å². The van der Waals surface area contributed by atoms with E-state index in [1.54, 1.807) is 6.92 Å². The number of rotatable bonds is 3. The Balaban J connectivity index is 3.50. The SMILES string of the molecule is CCS(=O)(=O)c1nc(C)c(C(=O)Cl)n1C. The van der Waals surface area contributed by atoms with Crippen molar-refractivity contribution in [2.45, 2.75) is 19.0 Å². The minimum Gasteiger partial charge on any atom is -0.314 e. The predicted molar refractivity (Wildman–Crippen MR) is 55.9 cm³/mol. The fraction of sp³-hybridized carbons (Fsp3) is 0.500. The normalized spacial score (nSPS) is 11.7. The number of imidazole rings is 1. The van der Waals surface area contributed by atoms with Crippen molar-refractivity contribution in [2.24, 2.45) is 7.05 Å². The molecule has 0 saturated heterocycles. The zero-order valence-corrected chi connectivity index (χ0v) is 10.2. The van der Waals surface area contributed by atoms with Crippen molar-refractivity contribution in [1.82, 2.24) is 9.55 Å². The van der Waals surface area contributed by atoms with Crippen LogP contribution in [0.4, 0.5) is 0 Å². The van der Waals surface area contributed by atoms with Crippen LogP contribution >= 0.6 is 11.6 Å². The summed E-state index contributed by atoms with van der Waals surface area (Å²) >= 11 is 5.33. The summed E-state index contributed by atoms with van der Waals surface area (Å²) < 4.78 is 24.4. The Morgan fingerprint density at radius 1 is 1.53 bits per heavy atom. The molecule has 1 aromatic rings. The molecule has 7 heteroatoms. The summed E-state index contributed by atoms with van der Waals surface area (Å²) in [6.45, 7) is 3.06. The molecule has 1 aromatic heterocycles. The van der Waals surface area contributed by atoms with Crippen molar-refractivity contribution < 1.29 is 13.2 Å². The fourth-order valence-corrected chi connectivity index (χ4v) is 2.60. The monoisotopic (exact) mass is 250 g/mol. The largest absolute Gasteiger partial charge is 0.314 e. The second kappa shape index (κ2) is 3.94. The maximum atomic E-state index is 11.6. The number of sulfone groups is 1. The molecule has 0 aliphatic heterocycles. The first-order valence-corrected chi connectivity index (χ1v) is 6.30. The van der Waals surface area contributed by atoms with Crippen LogP contribution in [0.25, 0.3) is 0 Å². The maximum absolute atomic E-state index is 11.6. The summed E-state index contributed by atoms with van der Waals surface area (Å²) in [4.78, 5) is 14.9. The van der Waals surface area contributed by atoms with Crippen LogP contribution in [0.5, 0.6) is 0 Å². The highest BCUT2D eigenvalue weighted by atomic mass is 35.5. The highest BCUT2D eigenvalue weighted by Gasteiger charge is 2.24. The van der Waals surface area contributed by atoms with Gasteiger partial charge in [-0.3, -0.25) is 4.79 Å². The molecule has 0 fully saturated rings. The third kappa shape index (κ3) is 2.05. The second-order valence-corrected chi connectivity index (χ2v) is 5.58. The summed E-state index contributed by atoms with van der Waals surface area (Å²) in [6, 6.07) is 0. The van der Waals surface area contributed by atoms with Gasteiger partial charge in [-0.25, -0.2) is 13.4 Å². The van der Waals surface area contributed by atoms with E-state index in [2.05, 4.69) is 4.98 Å². The zero-order valence-electron chi connectivity index (χ0n) is 8.61. The molecule has 15 heavy (non-hydrogen) atoms. The van der Waals surface area contributed by atoms with Gasteiger partial charge in [0.15, 0.2) is 0 Å². The van der Waals surface area contributed by atoms with Crippen molar-refractivity contribution in [1.29, 1.82) is 0 Å². The first-order chi connectivity index (χ1) is 6.81. The number of carbonyl (C=O) groups excluding carboxylic acids is 1. The number of hydrogen-bond donors (Lipinski definition) is 0. The lowest BCUT2D eigenvalue weighted by Gasteiger charge is -2.02. The van der Waals surface area contributed by atoms with Gasteiger partial charge in [-0.2, -0.15) is 0 Å². The Morgan fingerprint density at radius 2 is 2.07 bits per heavy atom. The van der Waals surface area contributed by atoms with Crippen molar-refractivity contribution >= 4 is 26.7 Å². The smallest absolute Gasteiger partial charge is 0.270 e. The van der Waals surface area contributed by atoms with Gasteiger partial charge in [-0.05, 0) is 18.5 Å². The second-order valence-electron chi connectivity index (χ2n) is 3.06. The van der Waals surface area contributed by atoms with Crippen LogP contribution in [-0.4, -0.2) is 29.0 Å². The minimum atomic E-state index is -3.42. The summed E-state index contributed by atoms with van der Waals surface area (Å²) in [5, 5.41) is -0.827. The average molecular weight is 251 g/mol. The third-order valence-electron chi connectivity index (χ3n) is 2.07. The van der Waals surface area contributed by atoms with E-state index in [1.807, 2.05) is 0 Å². The third-order valence-corrected chi connectivity index (χ3v) is 3.93. The minimum absolute atomic E-state index is 0.0623. The van der Waals surface area contributed by atoms with Crippen LogP contribution in [0.1, 0.15) is 23.1 Å². The highest BCUT2D eigenvalue weighted by Crippen LogP contribution is 2.16. The molecule has 1 heterocycles. The topological polar surface area (TPSA) is 69.0 Å². The summed E-state index contributed by atoms with van der Waals surface area (Å²) in [6.07, 6.45) is 0. The van der Waals surface area contributed by atoms with Crippen LogP contribution in [0.2, 0.25) is 0 Å². The molecule has 0 aliphatic rings. The van der Waals surface area contributed by atoms with Gasteiger partial charge in [0.2, 0.25) is 15.0 Å². The lowest BCUT2D eigenvalue weighted by Crippen LogP contribution is -2.12. The van der Waals surface area contributed by atoms with E-state index >= 15 is 0 Å². The van der Waals surface area contributed by atoms with E-state index < -0.39 is 15.1 Å². The number of halogens is 1.